The number of hydrogen-bond acceptors (Lipinski definition) is 1. The minimum absolute atomic E-state index is 0.862. The minimum atomic E-state index is 0.862. The van der Waals surface area contributed by atoms with E-state index in [1.54, 1.807) is 0 Å². The van der Waals surface area contributed by atoms with Gasteiger partial charge in [-0.3, -0.25) is 0 Å². The van der Waals surface area contributed by atoms with Crippen LogP contribution in [0.1, 0.15) is 46.0 Å². The first kappa shape index (κ1) is 12.7. The van der Waals surface area contributed by atoms with Gasteiger partial charge in [0, 0.05) is 0 Å². The maximum Gasteiger partial charge on any atom is -0.00460 e. The molecule has 0 rings (SSSR count). The van der Waals surface area contributed by atoms with Crippen molar-refractivity contribution in [3.63, 3.8) is 0 Å². The van der Waals surface area contributed by atoms with Gasteiger partial charge in [-0.25, -0.2) is 0 Å². The maximum atomic E-state index is 3.70. The fraction of sp³-hybridized carbons (Fsp3) is 0.833. The van der Waals surface area contributed by atoms with E-state index in [1.807, 2.05) is 6.08 Å². The molecule has 0 heterocycles. The SMILES string of the molecule is C=CCCCNCCCCC(C)C. The monoisotopic (exact) mass is 183 g/mol. The highest BCUT2D eigenvalue weighted by Crippen LogP contribution is 2.04. The van der Waals surface area contributed by atoms with E-state index < -0.39 is 0 Å². The number of hydrogen-bond donors (Lipinski definition) is 1. The molecule has 0 aromatic carbocycles. The molecule has 0 amide bonds. The predicted molar refractivity (Wildman–Crippen MR) is 61.0 cm³/mol. The molecule has 0 saturated heterocycles. The van der Waals surface area contributed by atoms with E-state index in [-0.39, 0.29) is 0 Å². The fourth-order valence-electron chi connectivity index (χ4n) is 1.30. The first-order valence-corrected chi connectivity index (χ1v) is 5.59. The van der Waals surface area contributed by atoms with Crippen molar-refractivity contribution in [2.45, 2.75) is 46.0 Å². The molecule has 0 aliphatic carbocycles. The molecule has 0 unspecified atom stereocenters. The van der Waals surface area contributed by atoms with Crippen LogP contribution in [0.5, 0.6) is 0 Å². The Labute approximate surface area is 83.6 Å². The quantitative estimate of drug-likeness (QED) is 0.427. The van der Waals surface area contributed by atoms with Gasteiger partial charge in [0.25, 0.3) is 0 Å². The zero-order valence-electron chi connectivity index (χ0n) is 9.31. The van der Waals surface area contributed by atoms with E-state index >= 15 is 0 Å². The molecule has 0 radical (unpaired) electrons. The second-order valence-electron chi connectivity index (χ2n) is 4.07. The maximum absolute atomic E-state index is 3.70. The molecular weight excluding hydrogens is 158 g/mol. The van der Waals surface area contributed by atoms with Gasteiger partial charge in [-0.15, -0.1) is 6.58 Å². The Kier molecular flexibility index (Phi) is 9.56. The van der Waals surface area contributed by atoms with Gasteiger partial charge in [0.15, 0.2) is 0 Å². The molecule has 13 heavy (non-hydrogen) atoms. The summed E-state index contributed by atoms with van der Waals surface area (Å²) in [7, 11) is 0. The van der Waals surface area contributed by atoms with E-state index in [9.17, 15) is 0 Å². The Balaban J connectivity index is 2.87. The van der Waals surface area contributed by atoms with Crippen LogP contribution in [-0.4, -0.2) is 13.1 Å². The molecule has 0 fully saturated rings. The number of allylic oxidation sites excluding steroid dienone is 1. The molecule has 0 aliphatic rings. The third-order valence-corrected chi connectivity index (χ3v) is 2.15. The van der Waals surface area contributed by atoms with Crippen LogP contribution in [-0.2, 0) is 0 Å². The normalized spacial score (nSPS) is 10.7. The standard InChI is InChI=1S/C12H25N/c1-4-5-7-10-13-11-8-6-9-12(2)3/h4,12-13H,1,5-11H2,2-3H3. The molecule has 0 aromatic heterocycles. The summed E-state index contributed by atoms with van der Waals surface area (Å²) in [6, 6.07) is 0. The summed E-state index contributed by atoms with van der Waals surface area (Å²) >= 11 is 0. The predicted octanol–water partition coefficient (Wildman–Crippen LogP) is 3.37. The first-order valence-electron chi connectivity index (χ1n) is 5.59. The minimum Gasteiger partial charge on any atom is -0.317 e. The van der Waals surface area contributed by atoms with Crippen molar-refractivity contribution >= 4 is 0 Å². The summed E-state index contributed by atoms with van der Waals surface area (Å²) in [5.41, 5.74) is 0. The number of unbranched alkanes of at least 4 members (excludes halogenated alkanes) is 2. The van der Waals surface area contributed by atoms with Gasteiger partial charge >= 0.3 is 0 Å². The van der Waals surface area contributed by atoms with Crippen molar-refractivity contribution in [1.29, 1.82) is 0 Å². The molecule has 78 valence electrons. The Bertz CT molecular complexity index is 108. The molecule has 0 aromatic rings. The Hall–Kier alpha value is -0.300. The van der Waals surface area contributed by atoms with Crippen LogP contribution < -0.4 is 5.32 Å². The van der Waals surface area contributed by atoms with Crippen molar-refractivity contribution < 1.29 is 0 Å². The van der Waals surface area contributed by atoms with Gasteiger partial charge in [0.2, 0.25) is 0 Å². The van der Waals surface area contributed by atoms with E-state index in [2.05, 4.69) is 25.7 Å². The zero-order valence-corrected chi connectivity index (χ0v) is 9.31. The number of nitrogens with one attached hydrogen (secondary N) is 1. The smallest absolute Gasteiger partial charge is 0.00460 e. The fourth-order valence-corrected chi connectivity index (χ4v) is 1.30. The lowest BCUT2D eigenvalue weighted by Gasteiger charge is -2.05. The average molecular weight is 183 g/mol. The van der Waals surface area contributed by atoms with E-state index in [0.717, 1.165) is 18.9 Å². The summed E-state index contributed by atoms with van der Waals surface area (Å²) < 4.78 is 0. The van der Waals surface area contributed by atoms with Gasteiger partial charge in [0.1, 0.15) is 0 Å². The summed E-state index contributed by atoms with van der Waals surface area (Å²) in [5, 5.41) is 3.45. The van der Waals surface area contributed by atoms with Gasteiger partial charge in [0.05, 0.1) is 0 Å². The van der Waals surface area contributed by atoms with E-state index in [1.165, 1.54) is 32.2 Å². The molecule has 0 saturated carbocycles. The Morgan fingerprint density at radius 3 is 2.46 bits per heavy atom. The summed E-state index contributed by atoms with van der Waals surface area (Å²) in [6.07, 6.45) is 8.42. The highest BCUT2D eigenvalue weighted by atomic mass is 14.8. The highest BCUT2D eigenvalue weighted by molar-refractivity contribution is 4.66. The zero-order chi connectivity index (χ0) is 9.94. The lowest BCUT2D eigenvalue weighted by molar-refractivity contribution is 0.519. The van der Waals surface area contributed by atoms with Crippen molar-refractivity contribution in [2.24, 2.45) is 5.92 Å². The topological polar surface area (TPSA) is 12.0 Å². The molecule has 1 heteroatoms. The van der Waals surface area contributed by atoms with Crippen LogP contribution in [0.4, 0.5) is 0 Å². The third kappa shape index (κ3) is 11.7. The van der Waals surface area contributed by atoms with Crippen molar-refractivity contribution in [1.82, 2.24) is 5.32 Å². The van der Waals surface area contributed by atoms with Crippen LogP contribution in [0.3, 0.4) is 0 Å². The molecule has 0 aliphatic heterocycles. The molecule has 1 nitrogen and oxygen atoms in total. The molecule has 1 N–H and O–H groups in total. The van der Waals surface area contributed by atoms with Crippen LogP contribution in [0.15, 0.2) is 12.7 Å². The second-order valence-corrected chi connectivity index (χ2v) is 4.07. The largest absolute Gasteiger partial charge is 0.317 e. The molecular formula is C12H25N. The summed E-state index contributed by atoms with van der Waals surface area (Å²) in [5.74, 6) is 0.862. The average Bonchev–Trinajstić information content (AvgIpc) is 2.09. The molecule has 0 bridgehead atoms. The number of rotatable bonds is 9. The van der Waals surface area contributed by atoms with Gasteiger partial charge in [-0.1, -0.05) is 32.8 Å². The third-order valence-electron chi connectivity index (χ3n) is 2.15. The van der Waals surface area contributed by atoms with Crippen LogP contribution in [0.25, 0.3) is 0 Å². The lowest BCUT2D eigenvalue weighted by Crippen LogP contribution is -2.16. The Morgan fingerprint density at radius 1 is 1.15 bits per heavy atom. The van der Waals surface area contributed by atoms with Crippen LogP contribution in [0.2, 0.25) is 0 Å². The van der Waals surface area contributed by atoms with Crippen LogP contribution in [0, 0.1) is 5.92 Å². The van der Waals surface area contributed by atoms with Crippen molar-refractivity contribution in [3.05, 3.63) is 12.7 Å². The molecule has 0 atom stereocenters. The second kappa shape index (κ2) is 9.79. The van der Waals surface area contributed by atoms with Crippen LogP contribution >= 0.6 is 0 Å². The summed E-state index contributed by atoms with van der Waals surface area (Å²) in [4.78, 5) is 0. The first-order chi connectivity index (χ1) is 6.27. The van der Waals surface area contributed by atoms with E-state index in [0.29, 0.717) is 0 Å². The van der Waals surface area contributed by atoms with Gasteiger partial charge in [-0.05, 0) is 38.3 Å². The van der Waals surface area contributed by atoms with Crippen molar-refractivity contribution in [3.8, 4) is 0 Å². The van der Waals surface area contributed by atoms with E-state index in [4.69, 9.17) is 0 Å². The Morgan fingerprint density at radius 2 is 1.85 bits per heavy atom. The van der Waals surface area contributed by atoms with Crippen molar-refractivity contribution in [2.75, 3.05) is 13.1 Å². The lowest BCUT2D eigenvalue weighted by atomic mass is 10.1. The van der Waals surface area contributed by atoms with Gasteiger partial charge < -0.3 is 5.32 Å². The summed E-state index contributed by atoms with van der Waals surface area (Å²) in [6.45, 7) is 10.6. The van der Waals surface area contributed by atoms with Gasteiger partial charge in [-0.2, -0.15) is 0 Å². The highest BCUT2D eigenvalue weighted by Gasteiger charge is 1.93. The molecule has 0 spiro atoms.